The number of rotatable bonds is 3. The number of esters is 1. The molecule has 1 N–H and O–H groups in total. The molecule has 1 aromatic rings. The average molecular weight is 263 g/mol. The molecule has 6 nitrogen and oxygen atoms in total. The molecule has 0 radical (unpaired) electrons. The highest BCUT2D eigenvalue weighted by molar-refractivity contribution is 6.06. The van der Waals surface area contributed by atoms with Crippen LogP contribution < -0.4 is 5.32 Å². The van der Waals surface area contributed by atoms with Crippen molar-refractivity contribution in [3.05, 3.63) is 41.9 Å². The molecule has 2 rings (SSSR count). The summed E-state index contributed by atoms with van der Waals surface area (Å²) in [4.78, 5) is 23.4. The molecule has 0 bridgehead atoms. The lowest BCUT2D eigenvalue weighted by atomic mass is 10.2. The monoisotopic (exact) mass is 263 g/mol. The molecular formula is C13H13NO5. The van der Waals surface area contributed by atoms with Crippen LogP contribution >= 0.6 is 0 Å². The van der Waals surface area contributed by atoms with Gasteiger partial charge in [-0.05, 0) is 12.1 Å². The molecule has 1 aliphatic heterocycles. The molecule has 1 aromatic carbocycles. The van der Waals surface area contributed by atoms with Crippen molar-refractivity contribution in [2.45, 2.75) is 0 Å². The van der Waals surface area contributed by atoms with Gasteiger partial charge in [0.1, 0.15) is 19.5 Å². The molecule has 0 spiro atoms. The van der Waals surface area contributed by atoms with Gasteiger partial charge in [-0.15, -0.1) is 0 Å². The average Bonchev–Trinajstić information content (AvgIpc) is 2.48. The Kier molecular flexibility index (Phi) is 4.02. The molecule has 0 saturated heterocycles. The Morgan fingerprint density at radius 3 is 2.74 bits per heavy atom. The predicted molar refractivity (Wildman–Crippen MR) is 66.4 cm³/mol. The summed E-state index contributed by atoms with van der Waals surface area (Å²) < 4.78 is 14.8. The van der Waals surface area contributed by atoms with E-state index in [2.05, 4.69) is 10.1 Å². The molecule has 1 amide bonds. The molecule has 0 unspecified atom stereocenters. The van der Waals surface area contributed by atoms with Gasteiger partial charge in [0.2, 0.25) is 5.76 Å². The summed E-state index contributed by atoms with van der Waals surface area (Å²) in [5.74, 6) is -0.923. The maximum absolute atomic E-state index is 11.9. The van der Waals surface area contributed by atoms with Gasteiger partial charge in [-0.3, -0.25) is 4.79 Å². The van der Waals surface area contributed by atoms with Gasteiger partial charge in [0.25, 0.3) is 5.91 Å². The third-order valence-corrected chi connectivity index (χ3v) is 2.45. The van der Waals surface area contributed by atoms with Crippen molar-refractivity contribution in [3.8, 4) is 0 Å². The van der Waals surface area contributed by atoms with E-state index in [1.807, 2.05) is 0 Å². The van der Waals surface area contributed by atoms with Gasteiger partial charge in [0.05, 0.1) is 18.4 Å². The van der Waals surface area contributed by atoms with Crippen LogP contribution in [0, 0.1) is 0 Å². The van der Waals surface area contributed by atoms with Crippen molar-refractivity contribution in [2.24, 2.45) is 0 Å². The molecule has 0 saturated carbocycles. The first-order valence-corrected chi connectivity index (χ1v) is 5.65. The van der Waals surface area contributed by atoms with Crippen molar-refractivity contribution in [1.82, 2.24) is 0 Å². The summed E-state index contributed by atoms with van der Waals surface area (Å²) >= 11 is 0. The minimum atomic E-state index is -0.523. The fourth-order valence-corrected chi connectivity index (χ4v) is 1.55. The van der Waals surface area contributed by atoms with Gasteiger partial charge < -0.3 is 19.5 Å². The summed E-state index contributed by atoms with van der Waals surface area (Å²) in [7, 11) is 1.28. The largest absolute Gasteiger partial charge is 0.494 e. The Labute approximate surface area is 110 Å². The standard InChI is InChI=1S/C13H13NO5/c1-17-13(16)9-4-2-3-5-10(9)14-12(15)11-8-18-6-7-19-11/h2-5,8H,6-7H2,1H3,(H,14,15). The van der Waals surface area contributed by atoms with Gasteiger partial charge in [0.15, 0.2) is 0 Å². The van der Waals surface area contributed by atoms with Crippen LogP contribution in [0.1, 0.15) is 10.4 Å². The fraction of sp³-hybridized carbons (Fsp3) is 0.231. The van der Waals surface area contributed by atoms with Crippen LogP contribution in [0.25, 0.3) is 0 Å². The van der Waals surface area contributed by atoms with Crippen LogP contribution in [0.15, 0.2) is 36.3 Å². The zero-order valence-corrected chi connectivity index (χ0v) is 10.3. The molecule has 1 heterocycles. The van der Waals surface area contributed by atoms with Crippen molar-refractivity contribution < 1.29 is 23.8 Å². The van der Waals surface area contributed by atoms with Crippen LogP contribution in [0.5, 0.6) is 0 Å². The molecule has 0 aliphatic carbocycles. The van der Waals surface area contributed by atoms with E-state index < -0.39 is 11.9 Å². The Morgan fingerprint density at radius 1 is 1.26 bits per heavy atom. The number of carbonyl (C=O) groups is 2. The minimum Gasteiger partial charge on any atom is -0.494 e. The highest BCUT2D eigenvalue weighted by Crippen LogP contribution is 2.17. The van der Waals surface area contributed by atoms with Gasteiger partial charge in [-0.25, -0.2) is 4.79 Å². The smallest absolute Gasteiger partial charge is 0.339 e. The zero-order chi connectivity index (χ0) is 13.7. The summed E-state index contributed by atoms with van der Waals surface area (Å²) in [6.07, 6.45) is 1.25. The number of benzene rings is 1. The molecular weight excluding hydrogens is 250 g/mol. The van der Waals surface area contributed by atoms with E-state index in [1.165, 1.54) is 13.4 Å². The molecule has 0 atom stereocenters. The first-order valence-electron chi connectivity index (χ1n) is 5.65. The second kappa shape index (κ2) is 5.90. The SMILES string of the molecule is COC(=O)c1ccccc1NC(=O)C1=COCCO1. The number of hydrogen-bond donors (Lipinski definition) is 1. The van der Waals surface area contributed by atoms with Gasteiger partial charge in [-0.2, -0.15) is 0 Å². The normalized spacial score (nSPS) is 13.6. The van der Waals surface area contributed by atoms with Crippen molar-refractivity contribution in [3.63, 3.8) is 0 Å². The van der Waals surface area contributed by atoms with Gasteiger partial charge >= 0.3 is 5.97 Å². The summed E-state index contributed by atoms with van der Waals surface area (Å²) in [5, 5.41) is 2.58. The Hall–Kier alpha value is -2.50. The Morgan fingerprint density at radius 2 is 2.05 bits per heavy atom. The van der Waals surface area contributed by atoms with Crippen molar-refractivity contribution >= 4 is 17.6 Å². The van der Waals surface area contributed by atoms with E-state index in [-0.39, 0.29) is 11.3 Å². The summed E-state index contributed by atoms with van der Waals surface area (Å²) in [6.45, 7) is 0.730. The number of methoxy groups -OCH3 is 1. The number of ether oxygens (including phenoxy) is 3. The number of nitrogens with one attached hydrogen (secondary N) is 1. The minimum absolute atomic E-state index is 0.0749. The maximum Gasteiger partial charge on any atom is 0.339 e. The Balaban J connectivity index is 2.17. The quantitative estimate of drug-likeness (QED) is 0.832. The first kappa shape index (κ1) is 12.9. The lowest BCUT2D eigenvalue weighted by Crippen LogP contribution is -2.22. The third-order valence-electron chi connectivity index (χ3n) is 2.45. The van der Waals surface area contributed by atoms with Crippen LogP contribution in [-0.4, -0.2) is 32.2 Å². The van der Waals surface area contributed by atoms with Crippen molar-refractivity contribution in [1.29, 1.82) is 0 Å². The van der Waals surface area contributed by atoms with E-state index in [4.69, 9.17) is 9.47 Å². The number of amides is 1. The molecule has 19 heavy (non-hydrogen) atoms. The number of para-hydroxylation sites is 1. The second-order valence-electron chi connectivity index (χ2n) is 3.69. The molecule has 0 fully saturated rings. The van der Waals surface area contributed by atoms with Crippen LogP contribution in [0.4, 0.5) is 5.69 Å². The van der Waals surface area contributed by atoms with E-state index in [0.717, 1.165) is 0 Å². The third kappa shape index (κ3) is 3.04. The maximum atomic E-state index is 11.9. The van der Waals surface area contributed by atoms with Gasteiger partial charge in [0, 0.05) is 0 Å². The zero-order valence-electron chi connectivity index (χ0n) is 10.3. The van der Waals surface area contributed by atoms with E-state index in [9.17, 15) is 9.59 Å². The topological polar surface area (TPSA) is 73.9 Å². The number of anilines is 1. The lowest BCUT2D eigenvalue weighted by molar-refractivity contribution is -0.117. The predicted octanol–water partition coefficient (Wildman–Crippen LogP) is 1.30. The van der Waals surface area contributed by atoms with E-state index in [0.29, 0.717) is 18.9 Å². The number of carbonyl (C=O) groups excluding carboxylic acids is 2. The second-order valence-corrected chi connectivity index (χ2v) is 3.69. The van der Waals surface area contributed by atoms with E-state index in [1.54, 1.807) is 24.3 Å². The summed E-state index contributed by atoms with van der Waals surface area (Å²) in [6, 6.07) is 6.55. The van der Waals surface area contributed by atoms with Gasteiger partial charge in [-0.1, -0.05) is 12.1 Å². The van der Waals surface area contributed by atoms with Crippen molar-refractivity contribution in [2.75, 3.05) is 25.6 Å². The molecule has 6 heteroatoms. The highest BCUT2D eigenvalue weighted by Gasteiger charge is 2.18. The van der Waals surface area contributed by atoms with Crippen LogP contribution in [-0.2, 0) is 19.0 Å². The molecule has 100 valence electrons. The van der Waals surface area contributed by atoms with E-state index >= 15 is 0 Å². The highest BCUT2D eigenvalue weighted by atomic mass is 16.6. The van der Waals surface area contributed by atoms with Crippen LogP contribution in [0.3, 0.4) is 0 Å². The summed E-state index contributed by atoms with van der Waals surface area (Å²) in [5.41, 5.74) is 0.630. The van der Waals surface area contributed by atoms with Crippen LogP contribution in [0.2, 0.25) is 0 Å². The first-order chi connectivity index (χ1) is 9.22. The lowest BCUT2D eigenvalue weighted by Gasteiger charge is -2.15. The fourth-order valence-electron chi connectivity index (χ4n) is 1.55. The Bertz CT molecular complexity index is 524. The molecule has 0 aromatic heterocycles. The molecule has 1 aliphatic rings. The number of hydrogen-bond acceptors (Lipinski definition) is 5.